The number of ether oxygens (including phenoxy) is 1. The second kappa shape index (κ2) is 10.7. The van der Waals surface area contributed by atoms with E-state index in [1.165, 1.54) is 50.6 Å². The van der Waals surface area contributed by atoms with Gasteiger partial charge in [-0.15, -0.1) is 0 Å². The van der Waals surface area contributed by atoms with Crippen molar-refractivity contribution < 1.29 is 28.2 Å². The number of nitrogens with zero attached hydrogens (tertiary/aromatic N) is 1. The maximum atomic E-state index is 13.5. The molecular weight excluding hydrogens is 444 g/mol. The number of hydrogen-bond donors (Lipinski definition) is 3. The zero-order chi connectivity index (χ0) is 24.8. The Balaban J connectivity index is 1.76. The van der Waals surface area contributed by atoms with Crippen LogP contribution >= 0.6 is 0 Å². The first kappa shape index (κ1) is 24.6. The molecule has 0 spiro atoms. The van der Waals surface area contributed by atoms with Gasteiger partial charge in [-0.25, -0.2) is 13.8 Å². The SMILES string of the molecule is COc1ccnc(C(=O)N[C@@H](C)C(=O)N[C@H](C)C(c2ccc(F)cc2)c2ccc(F)cc2)c1O. The molecule has 9 heteroatoms. The lowest BCUT2D eigenvalue weighted by Crippen LogP contribution is -2.49. The number of benzene rings is 2. The van der Waals surface area contributed by atoms with Crippen molar-refractivity contribution >= 4 is 11.8 Å². The molecule has 3 N–H and O–H groups in total. The molecule has 0 aliphatic heterocycles. The Morgan fingerprint density at radius 3 is 1.94 bits per heavy atom. The Hall–Kier alpha value is -4.01. The Labute approximate surface area is 195 Å². The highest BCUT2D eigenvalue weighted by atomic mass is 19.1. The highest BCUT2D eigenvalue weighted by Crippen LogP contribution is 2.29. The number of hydrogen-bond acceptors (Lipinski definition) is 5. The molecule has 2 amide bonds. The number of carbonyl (C=O) groups excluding carboxylic acids is 2. The van der Waals surface area contributed by atoms with E-state index >= 15 is 0 Å². The molecule has 0 saturated heterocycles. The normalized spacial score (nSPS) is 12.6. The third-order valence-corrected chi connectivity index (χ3v) is 5.39. The maximum Gasteiger partial charge on any atom is 0.274 e. The summed E-state index contributed by atoms with van der Waals surface area (Å²) in [6.07, 6.45) is 1.30. The highest BCUT2D eigenvalue weighted by molar-refractivity contribution is 5.98. The average molecular weight is 469 g/mol. The number of halogens is 2. The number of aromatic hydroxyl groups is 1. The van der Waals surface area contributed by atoms with Crippen molar-refractivity contribution in [1.82, 2.24) is 15.6 Å². The number of nitrogens with one attached hydrogen (secondary N) is 2. The van der Waals surface area contributed by atoms with Gasteiger partial charge < -0.3 is 20.5 Å². The molecule has 3 rings (SSSR count). The maximum absolute atomic E-state index is 13.5. The standard InChI is InChI=1S/C25H25F2N3O4/c1-14(21(16-4-8-18(26)9-5-16)17-6-10-19(27)11-7-17)29-24(32)15(2)30-25(33)22-23(31)20(34-3)12-13-28-22/h4-15,21,31H,1-3H3,(H,29,32)(H,30,33)/t14-,15+/m1/s1. The van der Waals surface area contributed by atoms with Crippen molar-refractivity contribution in [3.05, 3.63) is 89.2 Å². The van der Waals surface area contributed by atoms with Crippen molar-refractivity contribution in [3.63, 3.8) is 0 Å². The quantitative estimate of drug-likeness (QED) is 0.469. The molecule has 178 valence electrons. The van der Waals surface area contributed by atoms with Gasteiger partial charge in [-0.1, -0.05) is 24.3 Å². The van der Waals surface area contributed by atoms with E-state index < -0.39 is 47.2 Å². The van der Waals surface area contributed by atoms with E-state index in [2.05, 4.69) is 15.6 Å². The molecule has 34 heavy (non-hydrogen) atoms. The monoisotopic (exact) mass is 469 g/mol. The molecule has 0 radical (unpaired) electrons. The van der Waals surface area contributed by atoms with Crippen molar-refractivity contribution in [1.29, 1.82) is 0 Å². The van der Waals surface area contributed by atoms with Crippen molar-refractivity contribution in [2.24, 2.45) is 0 Å². The van der Waals surface area contributed by atoms with Crippen LogP contribution < -0.4 is 15.4 Å². The molecule has 0 aliphatic rings. The number of aromatic nitrogens is 1. The molecule has 7 nitrogen and oxygen atoms in total. The van der Waals surface area contributed by atoms with Crippen LogP contribution in [0.5, 0.6) is 11.5 Å². The van der Waals surface area contributed by atoms with Crippen LogP contribution in [0.4, 0.5) is 8.78 Å². The summed E-state index contributed by atoms with van der Waals surface area (Å²) in [5, 5.41) is 15.5. The van der Waals surface area contributed by atoms with Gasteiger partial charge in [-0.2, -0.15) is 0 Å². The van der Waals surface area contributed by atoms with E-state index in [9.17, 15) is 23.5 Å². The van der Waals surface area contributed by atoms with E-state index in [-0.39, 0.29) is 11.4 Å². The minimum atomic E-state index is -0.968. The molecule has 0 aliphatic carbocycles. The van der Waals surface area contributed by atoms with Gasteiger partial charge in [0.25, 0.3) is 5.91 Å². The Morgan fingerprint density at radius 2 is 1.44 bits per heavy atom. The largest absolute Gasteiger partial charge is 0.503 e. The topological polar surface area (TPSA) is 101 Å². The molecule has 0 saturated carbocycles. The van der Waals surface area contributed by atoms with Crippen LogP contribution in [0.2, 0.25) is 0 Å². The van der Waals surface area contributed by atoms with Gasteiger partial charge in [0.15, 0.2) is 17.2 Å². The molecule has 0 unspecified atom stereocenters. The van der Waals surface area contributed by atoms with Crippen molar-refractivity contribution in [2.75, 3.05) is 7.11 Å². The van der Waals surface area contributed by atoms with Crippen LogP contribution in [0, 0.1) is 11.6 Å². The first-order valence-corrected chi connectivity index (χ1v) is 10.6. The van der Waals surface area contributed by atoms with E-state index in [1.807, 2.05) is 0 Å². The fraction of sp³-hybridized carbons (Fsp3) is 0.240. The summed E-state index contributed by atoms with van der Waals surface area (Å²) in [7, 11) is 1.34. The minimum Gasteiger partial charge on any atom is -0.503 e. The fourth-order valence-electron chi connectivity index (χ4n) is 3.64. The Kier molecular flexibility index (Phi) is 7.78. The Morgan fingerprint density at radius 1 is 0.912 bits per heavy atom. The number of rotatable bonds is 8. The lowest BCUT2D eigenvalue weighted by Gasteiger charge is -2.27. The molecule has 2 atom stereocenters. The van der Waals surface area contributed by atoms with E-state index in [0.717, 1.165) is 11.1 Å². The van der Waals surface area contributed by atoms with Crippen molar-refractivity contribution in [3.8, 4) is 11.5 Å². The highest BCUT2D eigenvalue weighted by Gasteiger charge is 2.27. The van der Waals surface area contributed by atoms with Gasteiger partial charge >= 0.3 is 0 Å². The molecule has 1 aromatic heterocycles. The summed E-state index contributed by atoms with van der Waals surface area (Å²) in [5.41, 5.74) is 1.17. The predicted octanol–water partition coefficient (Wildman–Crippen LogP) is 3.53. The van der Waals surface area contributed by atoms with Crippen LogP contribution in [0.3, 0.4) is 0 Å². The van der Waals surface area contributed by atoms with Gasteiger partial charge in [0, 0.05) is 24.2 Å². The Bertz CT molecular complexity index is 1110. The minimum absolute atomic E-state index is 0.0762. The number of methoxy groups -OCH3 is 1. The molecule has 0 bridgehead atoms. The number of carbonyl (C=O) groups is 2. The molecule has 1 heterocycles. The van der Waals surface area contributed by atoms with Crippen molar-refractivity contribution in [2.45, 2.75) is 31.8 Å². The molecule has 3 aromatic rings. The second-order valence-corrected chi connectivity index (χ2v) is 7.78. The summed E-state index contributed by atoms with van der Waals surface area (Å²) in [5.74, 6) is -2.80. The van der Waals surface area contributed by atoms with Gasteiger partial charge in [0.05, 0.1) is 7.11 Å². The molecule has 2 aromatic carbocycles. The van der Waals surface area contributed by atoms with Crippen LogP contribution in [0.1, 0.15) is 41.4 Å². The third kappa shape index (κ3) is 5.67. The smallest absolute Gasteiger partial charge is 0.274 e. The third-order valence-electron chi connectivity index (χ3n) is 5.39. The zero-order valence-electron chi connectivity index (χ0n) is 18.9. The van der Waals surface area contributed by atoms with Crippen LogP contribution in [-0.2, 0) is 4.79 Å². The first-order chi connectivity index (χ1) is 16.2. The van der Waals surface area contributed by atoms with Crippen LogP contribution in [-0.4, -0.2) is 41.1 Å². The van der Waals surface area contributed by atoms with E-state index in [4.69, 9.17) is 4.74 Å². The summed E-state index contributed by atoms with van der Waals surface area (Å²) in [4.78, 5) is 29.2. The lowest BCUT2D eigenvalue weighted by atomic mass is 9.85. The fourth-order valence-corrected chi connectivity index (χ4v) is 3.64. The molecule has 0 fully saturated rings. The summed E-state index contributed by atoms with van der Waals surface area (Å²) >= 11 is 0. The van der Waals surface area contributed by atoms with E-state index in [1.54, 1.807) is 31.2 Å². The second-order valence-electron chi connectivity index (χ2n) is 7.78. The van der Waals surface area contributed by atoms with Crippen LogP contribution in [0.15, 0.2) is 60.8 Å². The lowest BCUT2D eigenvalue weighted by molar-refractivity contribution is -0.123. The first-order valence-electron chi connectivity index (χ1n) is 10.6. The zero-order valence-corrected chi connectivity index (χ0v) is 18.9. The summed E-state index contributed by atoms with van der Waals surface area (Å²) in [6, 6.07) is 11.6. The summed E-state index contributed by atoms with van der Waals surface area (Å²) in [6.45, 7) is 3.25. The van der Waals surface area contributed by atoms with Gasteiger partial charge in [-0.3, -0.25) is 9.59 Å². The van der Waals surface area contributed by atoms with Gasteiger partial charge in [0.2, 0.25) is 5.91 Å². The van der Waals surface area contributed by atoms with E-state index in [0.29, 0.717) is 0 Å². The van der Waals surface area contributed by atoms with Gasteiger partial charge in [0.1, 0.15) is 17.7 Å². The molecular formula is C25H25F2N3O4. The number of amides is 2. The van der Waals surface area contributed by atoms with Gasteiger partial charge in [-0.05, 0) is 49.2 Å². The average Bonchev–Trinajstić information content (AvgIpc) is 2.81. The predicted molar refractivity (Wildman–Crippen MR) is 122 cm³/mol. The summed E-state index contributed by atoms with van der Waals surface area (Å²) < 4.78 is 31.9. The van der Waals surface area contributed by atoms with Crippen LogP contribution in [0.25, 0.3) is 0 Å². The number of pyridine rings is 1.